The highest BCUT2D eigenvalue weighted by molar-refractivity contribution is 9.09. The Bertz CT molecular complexity index is 580. The van der Waals surface area contributed by atoms with Crippen molar-refractivity contribution in [3.8, 4) is 5.75 Å². The molecule has 140 valence electrons. The number of aliphatic hydroxyl groups excluding tert-OH is 1. The molecule has 2 atom stereocenters. The molecule has 0 saturated carbocycles. The smallest absolute Gasteiger partial charge is 0.243 e. The van der Waals surface area contributed by atoms with Crippen LogP contribution in [-0.2, 0) is 11.2 Å². The molecule has 0 unspecified atom stereocenters. The summed E-state index contributed by atoms with van der Waals surface area (Å²) >= 11 is 3.43. The van der Waals surface area contributed by atoms with E-state index >= 15 is 0 Å². The van der Waals surface area contributed by atoms with Gasteiger partial charge in [-0.05, 0) is 36.8 Å². The molecule has 1 aliphatic heterocycles. The van der Waals surface area contributed by atoms with Crippen LogP contribution in [0.15, 0.2) is 18.2 Å². The molecule has 0 fully saturated rings. The highest BCUT2D eigenvalue weighted by Gasteiger charge is 2.32. The standard InChI is InChI=1S/C19H29BrN2O3/c1-13(2)18-19(24)21-15(12-23)10-14-6-7-16(11-17(14)22(18)3)25-9-5-4-8-20/h6-7,11,13,15,18,23H,4-5,8-10,12H2,1-3H3,(H,21,24)/t15-,18-/m0/s1. The number of halogens is 1. The van der Waals surface area contributed by atoms with Crippen LogP contribution >= 0.6 is 15.9 Å². The van der Waals surface area contributed by atoms with E-state index in [1.165, 1.54) is 0 Å². The average Bonchev–Trinajstić information content (AvgIpc) is 2.57. The Morgan fingerprint density at radius 2 is 2.16 bits per heavy atom. The third kappa shape index (κ3) is 5.11. The minimum atomic E-state index is -0.281. The van der Waals surface area contributed by atoms with Gasteiger partial charge < -0.3 is 20.1 Å². The molecule has 1 aromatic carbocycles. The number of aliphatic hydroxyl groups is 1. The lowest BCUT2D eigenvalue weighted by atomic mass is 9.95. The topological polar surface area (TPSA) is 61.8 Å². The van der Waals surface area contributed by atoms with Crippen molar-refractivity contribution < 1.29 is 14.6 Å². The SMILES string of the molecule is CC(C)[C@H]1C(=O)N[C@H](CO)Cc2ccc(OCCCCBr)cc2N1C. The van der Waals surface area contributed by atoms with Crippen molar-refractivity contribution in [2.45, 2.75) is 45.2 Å². The number of amides is 1. The number of ether oxygens (including phenoxy) is 1. The number of nitrogens with one attached hydrogen (secondary N) is 1. The van der Waals surface area contributed by atoms with Crippen molar-refractivity contribution in [3.63, 3.8) is 0 Å². The molecule has 1 aromatic rings. The van der Waals surface area contributed by atoms with E-state index in [4.69, 9.17) is 4.74 Å². The van der Waals surface area contributed by atoms with Crippen molar-refractivity contribution in [1.29, 1.82) is 0 Å². The molecule has 1 heterocycles. The molecule has 0 spiro atoms. The minimum absolute atomic E-state index is 0.0363. The molecular formula is C19H29BrN2O3. The number of likely N-dealkylation sites (N-methyl/N-ethyl adjacent to an activating group) is 1. The van der Waals surface area contributed by atoms with E-state index in [-0.39, 0.29) is 30.5 Å². The van der Waals surface area contributed by atoms with E-state index in [2.05, 4.69) is 21.2 Å². The summed E-state index contributed by atoms with van der Waals surface area (Å²) in [5.41, 5.74) is 2.12. The maximum absolute atomic E-state index is 12.6. The van der Waals surface area contributed by atoms with Crippen molar-refractivity contribution in [1.82, 2.24) is 5.32 Å². The van der Waals surface area contributed by atoms with Crippen LogP contribution < -0.4 is 15.0 Å². The van der Waals surface area contributed by atoms with Gasteiger partial charge in [0.05, 0.1) is 19.3 Å². The van der Waals surface area contributed by atoms with Gasteiger partial charge in [0.15, 0.2) is 0 Å². The molecule has 25 heavy (non-hydrogen) atoms. The number of carbonyl (C=O) groups is 1. The largest absolute Gasteiger partial charge is 0.494 e. The van der Waals surface area contributed by atoms with E-state index < -0.39 is 0 Å². The second-order valence-corrected chi connectivity index (χ2v) is 7.72. The fraction of sp³-hybridized carbons (Fsp3) is 0.632. The summed E-state index contributed by atoms with van der Waals surface area (Å²) in [4.78, 5) is 14.7. The minimum Gasteiger partial charge on any atom is -0.494 e. The van der Waals surface area contributed by atoms with E-state index in [9.17, 15) is 9.90 Å². The molecule has 0 aromatic heterocycles. The quantitative estimate of drug-likeness (QED) is 0.533. The summed E-state index contributed by atoms with van der Waals surface area (Å²) in [6.45, 7) is 4.69. The number of carbonyl (C=O) groups excluding carboxylic acids is 1. The van der Waals surface area contributed by atoms with Crippen LogP contribution in [0.2, 0.25) is 0 Å². The van der Waals surface area contributed by atoms with Gasteiger partial charge in [-0.15, -0.1) is 0 Å². The zero-order chi connectivity index (χ0) is 18.4. The molecule has 2 N–H and O–H groups in total. The van der Waals surface area contributed by atoms with Crippen LogP contribution in [0.4, 0.5) is 5.69 Å². The zero-order valence-corrected chi connectivity index (χ0v) is 16.9. The average molecular weight is 413 g/mol. The van der Waals surface area contributed by atoms with Gasteiger partial charge in [-0.1, -0.05) is 35.8 Å². The second-order valence-electron chi connectivity index (χ2n) is 6.93. The number of benzene rings is 1. The predicted molar refractivity (Wildman–Crippen MR) is 105 cm³/mol. The van der Waals surface area contributed by atoms with Gasteiger partial charge >= 0.3 is 0 Å². The van der Waals surface area contributed by atoms with Gasteiger partial charge in [-0.2, -0.15) is 0 Å². The lowest BCUT2D eigenvalue weighted by molar-refractivity contribution is -0.124. The number of rotatable bonds is 7. The predicted octanol–water partition coefficient (Wildman–Crippen LogP) is 2.73. The number of hydrogen-bond acceptors (Lipinski definition) is 4. The first-order valence-corrected chi connectivity index (χ1v) is 10.1. The first-order valence-electron chi connectivity index (χ1n) is 8.93. The molecule has 1 aliphatic rings. The monoisotopic (exact) mass is 412 g/mol. The molecule has 5 nitrogen and oxygen atoms in total. The van der Waals surface area contributed by atoms with Crippen LogP contribution in [0.25, 0.3) is 0 Å². The Kier molecular flexibility index (Phi) is 7.56. The van der Waals surface area contributed by atoms with Crippen LogP contribution in [0.3, 0.4) is 0 Å². The highest BCUT2D eigenvalue weighted by Crippen LogP contribution is 2.31. The number of anilines is 1. The van der Waals surface area contributed by atoms with Crippen molar-refractivity contribution >= 4 is 27.5 Å². The van der Waals surface area contributed by atoms with Gasteiger partial charge in [-0.3, -0.25) is 4.79 Å². The molecule has 0 bridgehead atoms. The van der Waals surface area contributed by atoms with Gasteiger partial charge in [0.1, 0.15) is 11.8 Å². The third-order valence-corrected chi connectivity index (χ3v) is 5.14. The number of hydrogen-bond donors (Lipinski definition) is 2. The number of nitrogens with zero attached hydrogens (tertiary/aromatic N) is 1. The Balaban J connectivity index is 2.29. The molecule has 0 saturated heterocycles. The van der Waals surface area contributed by atoms with Gasteiger partial charge in [0.25, 0.3) is 0 Å². The summed E-state index contributed by atoms with van der Waals surface area (Å²) in [5, 5.41) is 13.6. The Hall–Kier alpha value is -1.27. The van der Waals surface area contributed by atoms with Gasteiger partial charge in [0, 0.05) is 24.1 Å². The molecule has 1 amide bonds. The summed E-state index contributed by atoms with van der Waals surface area (Å²) in [6.07, 6.45) is 2.69. The Morgan fingerprint density at radius 1 is 1.40 bits per heavy atom. The number of fused-ring (bicyclic) bond motifs is 1. The second kappa shape index (κ2) is 9.43. The first kappa shape index (κ1) is 20.0. The molecule has 2 rings (SSSR count). The van der Waals surface area contributed by atoms with E-state index in [0.29, 0.717) is 13.0 Å². The van der Waals surface area contributed by atoms with Crippen LogP contribution in [0.5, 0.6) is 5.75 Å². The van der Waals surface area contributed by atoms with E-state index in [0.717, 1.165) is 35.2 Å². The Morgan fingerprint density at radius 3 is 2.80 bits per heavy atom. The maximum atomic E-state index is 12.6. The third-order valence-electron chi connectivity index (χ3n) is 4.58. The van der Waals surface area contributed by atoms with Crippen molar-refractivity contribution in [2.75, 3.05) is 30.5 Å². The lowest BCUT2D eigenvalue weighted by Gasteiger charge is -2.37. The summed E-state index contributed by atoms with van der Waals surface area (Å²) in [6, 6.07) is 5.50. The number of unbranched alkanes of at least 4 members (excludes halogenated alkanes) is 1. The molecule has 6 heteroatoms. The lowest BCUT2D eigenvalue weighted by Crippen LogP contribution is -2.54. The van der Waals surface area contributed by atoms with Crippen LogP contribution in [0.1, 0.15) is 32.3 Å². The van der Waals surface area contributed by atoms with Crippen LogP contribution in [0, 0.1) is 5.92 Å². The van der Waals surface area contributed by atoms with Crippen LogP contribution in [-0.4, -0.2) is 48.7 Å². The molecular weight excluding hydrogens is 384 g/mol. The fourth-order valence-electron chi connectivity index (χ4n) is 3.31. The highest BCUT2D eigenvalue weighted by atomic mass is 79.9. The zero-order valence-electron chi connectivity index (χ0n) is 15.3. The van der Waals surface area contributed by atoms with Crippen molar-refractivity contribution in [2.24, 2.45) is 5.92 Å². The molecule has 0 radical (unpaired) electrons. The Labute approximate surface area is 158 Å². The summed E-state index contributed by atoms with van der Waals surface area (Å²) in [7, 11) is 1.96. The molecule has 0 aliphatic carbocycles. The van der Waals surface area contributed by atoms with Crippen molar-refractivity contribution in [3.05, 3.63) is 23.8 Å². The van der Waals surface area contributed by atoms with Gasteiger partial charge in [0.2, 0.25) is 5.91 Å². The fourth-order valence-corrected chi connectivity index (χ4v) is 3.71. The summed E-state index contributed by atoms with van der Waals surface area (Å²) < 4.78 is 5.87. The normalized spacial score (nSPS) is 20.7. The van der Waals surface area contributed by atoms with E-state index in [1.54, 1.807) is 0 Å². The van der Waals surface area contributed by atoms with E-state index in [1.807, 2.05) is 44.0 Å². The summed E-state index contributed by atoms with van der Waals surface area (Å²) in [5.74, 6) is 0.939. The van der Waals surface area contributed by atoms with Gasteiger partial charge in [-0.25, -0.2) is 0 Å². The number of alkyl halides is 1. The maximum Gasteiger partial charge on any atom is 0.243 e. The first-order chi connectivity index (χ1) is 12.0.